The molecule has 35 heavy (non-hydrogen) atoms. The van der Waals surface area contributed by atoms with Crippen LogP contribution >= 0.6 is 11.6 Å². The maximum atomic E-state index is 13.3. The second kappa shape index (κ2) is 10.4. The zero-order valence-corrected chi connectivity index (χ0v) is 22.2. The molecular weight excluding hydrogens is 456 g/mol. The molecule has 5 nitrogen and oxygen atoms in total. The van der Waals surface area contributed by atoms with Crippen molar-refractivity contribution in [3.63, 3.8) is 0 Å². The van der Waals surface area contributed by atoms with Gasteiger partial charge in [0.1, 0.15) is 11.6 Å². The number of aromatic nitrogens is 2. The van der Waals surface area contributed by atoms with Crippen LogP contribution in [0.2, 0.25) is 5.02 Å². The lowest BCUT2D eigenvalue weighted by molar-refractivity contribution is 0.0767. The molecule has 0 atom stereocenters. The van der Waals surface area contributed by atoms with E-state index in [0.29, 0.717) is 6.54 Å². The molecular formula is C29H35ClN4O. The molecule has 0 aliphatic carbocycles. The highest BCUT2D eigenvalue weighted by molar-refractivity contribution is 6.30. The third kappa shape index (κ3) is 6.02. The summed E-state index contributed by atoms with van der Waals surface area (Å²) in [7, 11) is 0. The highest BCUT2D eigenvalue weighted by Crippen LogP contribution is 2.26. The summed E-state index contributed by atoms with van der Waals surface area (Å²) in [5.41, 5.74) is 5.37. The van der Waals surface area contributed by atoms with Crippen LogP contribution in [-0.4, -0.2) is 47.0 Å². The van der Waals surface area contributed by atoms with Crippen molar-refractivity contribution in [2.45, 2.75) is 52.9 Å². The first-order valence-electron chi connectivity index (χ1n) is 12.3. The molecule has 1 amide bonds. The Hall–Kier alpha value is -2.92. The molecule has 1 aliphatic rings. The Bertz CT molecular complexity index is 1180. The van der Waals surface area contributed by atoms with E-state index in [4.69, 9.17) is 16.6 Å². The molecule has 1 aromatic heterocycles. The third-order valence-corrected chi connectivity index (χ3v) is 6.93. The Kier molecular flexibility index (Phi) is 7.46. The molecule has 1 fully saturated rings. The highest BCUT2D eigenvalue weighted by atomic mass is 35.5. The topological polar surface area (TPSA) is 49.3 Å². The lowest BCUT2D eigenvalue weighted by Crippen LogP contribution is -2.35. The van der Waals surface area contributed by atoms with Crippen LogP contribution in [-0.2, 0) is 11.8 Å². The zero-order chi connectivity index (χ0) is 25.2. The van der Waals surface area contributed by atoms with Crippen molar-refractivity contribution < 1.29 is 4.79 Å². The van der Waals surface area contributed by atoms with E-state index in [2.05, 4.69) is 61.8 Å². The zero-order valence-electron chi connectivity index (χ0n) is 21.4. The Morgan fingerprint density at radius 2 is 1.60 bits per heavy atom. The van der Waals surface area contributed by atoms with Gasteiger partial charge >= 0.3 is 0 Å². The first-order chi connectivity index (χ1) is 16.6. The maximum Gasteiger partial charge on any atom is 0.253 e. The highest BCUT2D eigenvalue weighted by Gasteiger charge is 2.24. The molecule has 3 aromatic rings. The molecule has 1 saturated heterocycles. The largest absolute Gasteiger partial charge is 0.354 e. The number of nitrogens with zero attached hydrogens (tertiary/aromatic N) is 4. The van der Waals surface area contributed by atoms with Crippen LogP contribution < -0.4 is 4.90 Å². The standard InChI is InChI=1S/C29H35ClN4O/c1-20-26(19-22-7-13-25(30)14-8-22)27(32-21(2)31-20)33-15-6-16-34(18-17-33)28(35)23-9-11-24(12-10-23)29(3,4)5/h7-14H,6,15-19H2,1-5H3. The van der Waals surface area contributed by atoms with E-state index in [9.17, 15) is 4.79 Å². The summed E-state index contributed by atoms with van der Waals surface area (Å²) in [6.45, 7) is 13.6. The molecule has 0 saturated carbocycles. The Labute approximate surface area is 214 Å². The minimum atomic E-state index is 0.0716. The average molecular weight is 491 g/mol. The van der Waals surface area contributed by atoms with Gasteiger partial charge in [0.05, 0.1) is 0 Å². The van der Waals surface area contributed by atoms with E-state index in [1.165, 1.54) is 11.1 Å². The van der Waals surface area contributed by atoms with Crippen LogP contribution in [0.15, 0.2) is 48.5 Å². The van der Waals surface area contributed by atoms with Crippen molar-refractivity contribution in [2.75, 3.05) is 31.1 Å². The molecule has 0 bridgehead atoms. The van der Waals surface area contributed by atoms with Gasteiger partial charge in [0.15, 0.2) is 0 Å². The first kappa shape index (κ1) is 25.2. The summed E-state index contributed by atoms with van der Waals surface area (Å²) in [6.07, 6.45) is 1.65. The van der Waals surface area contributed by atoms with E-state index in [0.717, 1.165) is 66.0 Å². The Morgan fingerprint density at radius 3 is 2.26 bits per heavy atom. The van der Waals surface area contributed by atoms with Crippen LogP contribution in [0.25, 0.3) is 0 Å². The quantitative estimate of drug-likeness (QED) is 0.451. The van der Waals surface area contributed by atoms with Gasteiger partial charge in [-0.3, -0.25) is 4.79 Å². The molecule has 0 N–H and O–H groups in total. The molecule has 4 rings (SSSR count). The summed E-state index contributed by atoms with van der Waals surface area (Å²) in [6, 6.07) is 16.0. The van der Waals surface area contributed by atoms with E-state index >= 15 is 0 Å². The Balaban J connectivity index is 1.52. The fourth-order valence-corrected chi connectivity index (χ4v) is 4.75. The van der Waals surface area contributed by atoms with Crippen molar-refractivity contribution in [1.82, 2.24) is 14.9 Å². The van der Waals surface area contributed by atoms with Crippen LogP contribution in [0.5, 0.6) is 0 Å². The molecule has 1 aliphatic heterocycles. The van der Waals surface area contributed by atoms with E-state index in [-0.39, 0.29) is 11.3 Å². The van der Waals surface area contributed by atoms with Gasteiger partial charge in [0.25, 0.3) is 5.91 Å². The van der Waals surface area contributed by atoms with Crippen molar-refractivity contribution in [2.24, 2.45) is 0 Å². The van der Waals surface area contributed by atoms with E-state index in [1.54, 1.807) is 0 Å². The van der Waals surface area contributed by atoms with Crippen molar-refractivity contribution in [3.8, 4) is 0 Å². The van der Waals surface area contributed by atoms with Gasteiger partial charge in [-0.25, -0.2) is 9.97 Å². The normalized spacial score (nSPS) is 14.7. The molecule has 0 radical (unpaired) electrons. The van der Waals surface area contributed by atoms with Gasteiger partial charge in [-0.15, -0.1) is 0 Å². The van der Waals surface area contributed by atoms with Crippen LogP contribution in [0, 0.1) is 13.8 Å². The van der Waals surface area contributed by atoms with Gasteiger partial charge in [-0.2, -0.15) is 0 Å². The minimum Gasteiger partial charge on any atom is -0.354 e. The summed E-state index contributed by atoms with van der Waals surface area (Å²) < 4.78 is 0. The number of anilines is 1. The molecule has 2 aromatic carbocycles. The number of halogens is 1. The minimum absolute atomic E-state index is 0.0716. The second-order valence-electron chi connectivity index (χ2n) is 10.4. The van der Waals surface area contributed by atoms with Crippen LogP contribution in [0.3, 0.4) is 0 Å². The van der Waals surface area contributed by atoms with Gasteiger partial charge in [0, 0.05) is 54.4 Å². The summed E-state index contributed by atoms with van der Waals surface area (Å²) in [4.78, 5) is 27.1. The lowest BCUT2D eigenvalue weighted by atomic mass is 9.86. The van der Waals surface area contributed by atoms with Crippen molar-refractivity contribution >= 4 is 23.3 Å². The number of amides is 1. The molecule has 2 heterocycles. The van der Waals surface area contributed by atoms with E-state index < -0.39 is 0 Å². The van der Waals surface area contributed by atoms with Crippen molar-refractivity contribution in [3.05, 3.63) is 87.3 Å². The number of rotatable bonds is 4. The predicted molar refractivity (Wildman–Crippen MR) is 144 cm³/mol. The monoisotopic (exact) mass is 490 g/mol. The molecule has 0 unspecified atom stereocenters. The van der Waals surface area contributed by atoms with Gasteiger partial charge in [-0.1, -0.05) is 56.6 Å². The summed E-state index contributed by atoms with van der Waals surface area (Å²) >= 11 is 6.08. The van der Waals surface area contributed by atoms with Gasteiger partial charge in [0.2, 0.25) is 0 Å². The number of aryl methyl sites for hydroxylation is 2. The number of carbonyl (C=O) groups is 1. The van der Waals surface area contributed by atoms with Crippen LogP contribution in [0.1, 0.15) is 65.8 Å². The Morgan fingerprint density at radius 1 is 0.914 bits per heavy atom. The maximum absolute atomic E-state index is 13.3. The summed E-state index contributed by atoms with van der Waals surface area (Å²) in [5.74, 6) is 1.85. The third-order valence-electron chi connectivity index (χ3n) is 6.68. The number of benzene rings is 2. The molecule has 184 valence electrons. The molecule has 6 heteroatoms. The lowest BCUT2D eigenvalue weighted by Gasteiger charge is -2.26. The number of carbonyl (C=O) groups excluding carboxylic acids is 1. The average Bonchev–Trinajstić information content (AvgIpc) is 3.07. The van der Waals surface area contributed by atoms with Crippen LogP contribution in [0.4, 0.5) is 5.82 Å². The fourth-order valence-electron chi connectivity index (χ4n) is 4.62. The number of hydrogen-bond donors (Lipinski definition) is 0. The predicted octanol–water partition coefficient (Wildman–Crippen LogP) is 5.99. The summed E-state index contributed by atoms with van der Waals surface area (Å²) in [5, 5.41) is 0.733. The van der Waals surface area contributed by atoms with Crippen molar-refractivity contribution in [1.29, 1.82) is 0 Å². The number of hydrogen-bond acceptors (Lipinski definition) is 4. The van der Waals surface area contributed by atoms with Gasteiger partial charge < -0.3 is 9.80 Å². The first-order valence-corrected chi connectivity index (χ1v) is 12.7. The molecule has 0 spiro atoms. The second-order valence-corrected chi connectivity index (χ2v) is 10.9. The van der Waals surface area contributed by atoms with Gasteiger partial charge in [-0.05, 0) is 61.1 Å². The SMILES string of the molecule is Cc1nc(C)c(Cc2ccc(Cl)cc2)c(N2CCCN(C(=O)c3ccc(C(C)(C)C)cc3)CC2)n1. The smallest absolute Gasteiger partial charge is 0.253 e. The van der Waals surface area contributed by atoms with E-state index in [1.807, 2.05) is 36.1 Å². The fraction of sp³-hybridized carbons (Fsp3) is 0.414.